The highest BCUT2D eigenvalue weighted by atomic mass is 19.4. The van der Waals surface area contributed by atoms with Crippen molar-refractivity contribution in [2.75, 3.05) is 0 Å². The molecule has 0 spiro atoms. The van der Waals surface area contributed by atoms with Crippen molar-refractivity contribution in [1.82, 2.24) is 0 Å². The first kappa shape index (κ1) is 18.0. The summed E-state index contributed by atoms with van der Waals surface area (Å²) in [7, 11) is 0. The fraction of sp³-hybridized carbons (Fsp3) is 0.278. The van der Waals surface area contributed by atoms with Crippen LogP contribution >= 0.6 is 0 Å². The third-order valence-electron chi connectivity index (χ3n) is 3.92. The van der Waals surface area contributed by atoms with Gasteiger partial charge < -0.3 is 14.6 Å². The van der Waals surface area contributed by atoms with Crippen molar-refractivity contribution in [1.29, 1.82) is 0 Å². The molecule has 1 N–H and O–H groups in total. The van der Waals surface area contributed by atoms with Gasteiger partial charge >= 0.3 is 12.1 Å². The summed E-state index contributed by atoms with van der Waals surface area (Å²) >= 11 is 0. The Morgan fingerprint density at radius 2 is 1.88 bits per heavy atom. The Kier molecular flexibility index (Phi) is 4.76. The van der Waals surface area contributed by atoms with Gasteiger partial charge in [0.05, 0.1) is 11.5 Å². The van der Waals surface area contributed by atoms with Crippen LogP contribution in [0.4, 0.5) is 17.6 Å². The van der Waals surface area contributed by atoms with Gasteiger partial charge in [0.2, 0.25) is 0 Å². The van der Waals surface area contributed by atoms with Gasteiger partial charge in [0, 0.05) is 18.1 Å². The molecule has 0 saturated heterocycles. The zero-order valence-electron chi connectivity index (χ0n) is 13.3. The molecule has 3 rings (SSSR count). The Labute approximate surface area is 146 Å². The molecule has 0 heterocycles. The highest BCUT2D eigenvalue weighted by molar-refractivity contribution is 5.74. The van der Waals surface area contributed by atoms with Crippen LogP contribution in [0.5, 0.6) is 11.5 Å². The normalized spacial score (nSPS) is 19.1. The predicted octanol–water partition coefficient (Wildman–Crippen LogP) is 4.28. The second kappa shape index (κ2) is 6.86. The zero-order chi connectivity index (χ0) is 18.9. The van der Waals surface area contributed by atoms with E-state index in [-0.39, 0.29) is 12.2 Å². The average molecular weight is 370 g/mol. The van der Waals surface area contributed by atoms with Crippen LogP contribution < -0.4 is 9.47 Å². The van der Waals surface area contributed by atoms with E-state index in [0.29, 0.717) is 24.0 Å². The van der Waals surface area contributed by atoms with Crippen molar-refractivity contribution in [3.63, 3.8) is 0 Å². The lowest BCUT2D eigenvalue weighted by Gasteiger charge is -2.11. The molecule has 0 bridgehead atoms. The molecule has 0 aromatic heterocycles. The number of carboxylic acid groups (broad SMARTS) is 1. The van der Waals surface area contributed by atoms with E-state index in [1.165, 1.54) is 6.07 Å². The minimum atomic E-state index is -4.61. The fourth-order valence-corrected chi connectivity index (χ4v) is 2.38. The summed E-state index contributed by atoms with van der Waals surface area (Å²) in [6, 6.07) is 8.59. The quantitative estimate of drug-likeness (QED) is 0.772. The van der Waals surface area contributed by atoms with Crippen LogP contribution in [0, 0.1) is 11.7 Å². The summed E-state index contributed by atoms with van der Waals surface area (Å²) in [5.74, 6) is -1.71. The highest BCUT2D eigenvalue weighted by Crippen LogP contribution is 2.36. The van der Waals surface area contributed by atoms with Gasteiger partial charge in [0.15, 0.2) is 0 Å². The molecule has 1 fully saturated rings. The number of hydrogen-bond donors (Lipinski definition) is 1. The van der Waals surface area contributed by atoms with Gasteiger partial charge in [0.25, 0.3) is 0 Å². The summed E-state index contributed by atoms with van der Waals surface area (Å²) in [5, 5.41) is 8.85. The van der Waals surface area contributed by atoms with Gasteiger partial charge in [0.1, 0.15) is 30.0 Å². The first-order chi connectivity index (χ1) is 12.2. The van der Waals surface area contributed by atoms with Crippen LogP contribution in [0.15, 0.2) is 42.5 Å². The van der Waals surface area contributed by atoms with Crippen molar-refractivity contribution in [3.8, 4) is 11.5 Å². The van der Waals surface area contributed by atoms with E-state index in [1.807, 2.05) is 0 Å². The molecule has 4 nitrogen and oxygen atoms in total. The first-order valence-electron chi connectivity index (χ1n) is 7.72. The van der Waals surface area contributed by atoms with E-state index in [2.05, 4.69) is 0 Å². The maximum absolute atomic E-state index is 13.8. The van der Waals surface area contributed by atoms with E-state index >= 15 is 0 Å². The largest absolute Gasteiger partial charge is 0.489 e. The second-order valence-electron chi connectivity index (χ2n) is 5.90. The zero-order valence-corrected chi connectivity index (χ0v) is 13.3. The maximum atomic E-state index is 13.8. The van der Waals surface area contributed by atoms with Gasteiger partial charge in [-0.25, -0.2) is 4.39 Å². The van der Waals surface area contributed by atoms with E-state index in [0.717, 1.165) is 12.1 Å². The predicted molar refractivity (Wildman–Crippen MR) is 82.3 cm³/mol. The third-order valence-corrected chi connectivity index (χ3v) is 3.92. The number of hydrogen-bond acceptors (Lipinski definition) is 3. The summed E-state index contributed by atoms with van der Waals surface area (Å²) in [4.78, 5) is 10.8. The molecule has 2 atom stereocenters. The van der Waals surface area contributed by atoms with Crippen LogP contribution in [0.2, 0.25) is 0 Å². The highest BCUT2D eigenvalue weighted by Gasteiger charge is 2.45. The molecule has 26 heavy (non-hydrogen) atoms. The number of carboxylic acids is 1. The molecule has 1 unspecified atom stereocenters. The van der Waals surface area contributed by atoms with E-state index in [1.54, 1.807) is 18.2 Å². The van der Waals surface area contributed by atoms with Crippen molar-refractivity contribution in [3.05, 3.63) is 59.4 Å². The van der Waals surface area contributed by atoms with Crippen LogP contribution in [0.1, 0.15) is 17.5 Å². The number of carbonyl (C=O) groups is 1. The Hall–Kier alpha value is -2.77. The van der Waals surface area contributed by atoms with Gasteiger partial charge in [-0.1, -0.05) is 12.1 Å². The fourth-order valence-electron chi connectivity index (χ4n) is 2.38. The molecular formula is C18H14F4O4. The molecule has 1 saturated carbocycles. The Morgan fingerprint density at radius 3 is 2.50 bits per heavy atom. The maximum Gasteiger partial charge on any atom is 0.416 e. The number of rotatable bonds is 6. The molecule has 1 aliphatic carbocycles. The van der Waals surface area contributed by atoms with Gasteiger partial charge in [-0.15, -0.1) is 0 Å². The SMILES string of the molecule is O=C(O)C1C[C@H]1Oc1cccc(OCc2ccc(C(F)(F)F)cc2F)c1. The minimum absolute atomic E-state index is 0.0162. The van der Waals surface area contributed by atoms with Crippen LogP contribution in [-0.2, 0) is 17.6 Å². The Bertz CT molecular complexity index is 819. The number of benzene rings is 2. The van der Waals surface area contributed by atoms with Crippen LogP contribution in [0.25, 0.3) is 0 Å². The topological polar surface area (TPSA) is 55.8 Å². The molecule has 0 amide bonds. The van der Waals surface area contributed by atoms with Crippen LogP contribution in [0.3, 0.4) is 0 Å². The van der Waals surface area contributed by atoms with Crippen molar-refractivity contribution < 1.29 is 36.9 Å². The minimum Gasteiger partial charge on any atom is -0.489 e. The molecule has 0 aliphatic heterocycles. The summed E-state index contributed by atoms with van der Waals surface area (Å²) < 4.78 is 62.3. The smallest absolute Gasteiger partial charge is 0.416 e. The van der Waals surface area contributed by atoms with Gasteiger partial charge in [-0.05, 0) is 24.3 Å². The number of alkyl halides is 3. The van der Waals surface area contributed by atoms with E-state index < -0.39 is 35.5 Å². The molecular weight excluding hydrogens is 356 g/mol. The standard InChI is InChI=1S/C18H14F4O4/c19-15-6-11(18(20,21)22)5-4-10(15)9-25-12-2-1-3-13(7-12)26-16-8-14(16)17(23)24/h1-7,14,16H,8-9H2,(H,23,24)/t14?,16-/m1/s1. The summed E-state index contributed by atoms with van der Waals surface area (Å²) in [5.41, 5.74) is -1.08. The third kappa shape index (κ3) is 4.25. The first-order valence-corrected chi connectivity index (χ1v) is 7.72. The lowest BCUT2D eigenvalue weighted by atomic mass is 10.1. The van der Waals surface area contributed by atoms with E-state index in [9.17, 15) is 22.4 Å². The molecule has 2 aromatic rings. The number of aliphatic carboxylic acids is 1. The lowest BCUT2D eigenvalue weighted by molar-refractivity contribution is -0.139. The monoisotopic (exact) mass is 370 g/mol. The molecule has 138 valence electrons. The molecule has 1 aliphatic rings. The molecule has 0 radical (unpaired) electrons. The van der Waals surface area contributed by atoms with Crippen LogP contribution in [-0.4, -0.2) is 17.2 Å². The molecule has 8 heteroatoms. The van der Waals surface area contributed by atoms with Gasteiger partial charge in [-0.2, -0.15) is 13.2 Å². The van der Waals surface area contributed by atoms with Crippen molar-refractivity contribution >= 4 is 5.97 Å². The number of ether oxygens (including phenoxy) is 2. The van der Waals surface area contributed by atoms with Gasteiger partial charge in [-0.3, -0.25) is 4.79 Å². The lowest BCUT2D eigenvalue weighted by Crippen LogP contribution is -2.08. The van der Waals surface area contributed by atoms with E-state index in [4.69, 9.17) is 14.6 Å². The molecule has 2 aromatic carbocycles. The summed E-state index contributed by atoms with van der Waals surface area (Å²) in [6.45, 7) is -0.255. The summed E-state index contributed by atoms with van der Waals surface area (Å²) in [6.07, 6.45) is -4.57. The van der Waals surface area contributed by atoms with Crippen molar-refractivity contribution in [2.24, 2.45) is 5.92 Å². The Morgan fingerprint density at radius 1 is 1.15 bits per heavy atom. The van der Waals surface area contributed by atoms with Crippen molar-refractivity contribution in [2.45, 2.75) is 25.3 Å². The second-order valence-corrected chi connectivity index (χ2v) is 5.90. The average Bonchev–Trinajstić information content (AvgIpc) is 3.32. The number of halogens is 4. The Balaban J connectivity index is 1.62.